The maximum absolute atomic E-state index is 11.6. The highest BCUT2D eigenvalue weighted by Crippen LogP contribution is 2.36. The number of amides is 1. The molecule has 1 unspecified atom stereocenters. The van der Waals surface area contributed by atoms with Crippen molar-refractivity contribution in [1.82, 2.24) is 15.5 Å². The number of nitrogens with zero attached hydrogens (tertiary/aromatic N) is 2. The van der Waals surface area contributed by atoms with Crippen LogP contribution in [0.1, 0.15) is 53.4 Å². The minimum atomic E-state index is 0.112. The molecule has 132 valence electrons. The van der Waals surface area contributed by atoms with Crippen molar-refractivity contribution < 1.29 is 4.79 Å². The van der Waals surface area contributed by atoms with E-state index in [4.69, 9.17) is 0 Å². The van der Waals surface area contributed by atoms with E-state index in [-0.39, 0.29) is 16.7 Å². The molecule has 1 amide bonds. The van der Waals surface area contributed by atoms with Crippen LogP contribution in [0.25, 0.3) is 0 Å². The third-order valence-electron chi connectivity index (χ3n) is 5.05. The van der Waals surface area contributed by atoms with Crippen molar-refractivity contribution in [2.24, 2.45) is 21.7 Å². The molecule has 23 heavy (non-hydrogen) atoms. The Bertz CT molecular complexity index is 458. The highest BCUT2D eigenvalue weighted by atomic mass is 16.1. The summed E-state index contributed by atoms with van der Waals surface area (Å²) in [7, 11) is 1.86. The number of aliphatic imine (C=N–C) groups is 1. The van der Waals surface area contributed by atoms with E-state index in [1.165, 1.54) is 6.42 Å². The number of hydrogen-bond donors (Lipinski definition) is 2. The molecular weight excluding hydrogens is 288 g/mol. The molecule has 0 saturated carbocycles. The molecule has 5 nitrogen and oxygen atoms in total. The second kappa shape index (κ2) is 7.10. The first kappa shape index (κ1) is 18.1. The van der Waals surface area contributed by atoms with Gasteiger partial charge in [-0.25, -0.2) is 0 Å². The fourth-order valence-electron chi connectivity index (χ4n) is 4.26. The first-order valence-corrected chi connectivity index (χ1v) is 8.98. The Kier molecular flexibility index (Phi) is 5.58. The molecule has 0 aromatic carbocycles. The average Bonchev–Trinajstić information content (AvgIpc) is 2.78. The molecule has 0 bridgehead atoms. The molecule has 0 radical (unpaired) electrons. The highest BCUT2D eigenvalue weighted by molar-refractivity contribution is 5.81. The third kappa shape index (κ3) is 4.85. The van der Waals surface area contributed by atoms with Gasteiger partial charge in [0.1, 0.15) is 0 Å². The number of rotatable bonds is 4. The van der Waals surface area contributed by atoms with E-state index in [2.05, 4.69) is 48.2 Å². The van der Waals surface area contributed by atoms with E-state index in [1.807, 2.05) is 7.05 Å². The molecule has 0 aromatic rings. The quantitative estimate of drug-likeness (QED) is 0.616. The van der Waals surface area contributed by atoms with E-state index in [0.717, 1.165) is 45.0 Å². The summed E-state index contributed by atoms with van der Waals surface area (Å²) in [4.78, 5) is 18.5. The second-order valence-corrected chi connectivity index (χ2v) is 8.64. The van der Waals surface area contributed by atoms with Crippen LogP contribution in [0.3, 0.4) is 0 Å². The van der Waals surface area contributed by atoms with Crippen molar-refractivity contribution in [1.29, 1.82) is 0 Å². The summed E-state index contributed by atoms with van der Waals surface area (Å²) in [5.41, 5.74) is 0.364. The van der Waals surface area contributed by atoms with Gasteiger partial charge in [0.05, 0.1) is 0 Å². The van der Waals surface area contributed by atoms with Gasteiger partial charge in [0, 0.05) is 45.1 Å². The second-order valence-electron chi connectivity index (χ2n) is 8.64. The zero-order valence-electron chi connectivity index (χ0n) is 15.5. The Morgan fingerprint density at radius 3 is 2.78 bits per heavy atom. The molecule has 2 aliphatic heterocycles. The van der Waals surface area contributed by atoms with E-state index in [9.17, 15) is 4.79 Å². The minimum Gasteiger partial charge on any atom is -0.356 e. The average molecular weight is 322 g/mol. The van der Waals surface area contributed by atoms with Crippen molar-refractivity contribution >= 4 is 11.9 Å². The SMILES string of the molecule is CN=C(NCC(C)(C)CC(C)C)N1CCCC2(CNC(=O)C2)C1. The van der Waals surface area contributed by atoms with Crippen LogP contribution in [0.15, 0.2) is 4.99 Å². The molecule has 1 atom stereocenters. The van der Waals surface area contributed by atoms with Crippen LogP contribution in [-0.2, 0) is 4.79 Å². The third-order valence-corrected chi connectivity index (χ3v) is 5.05. The smallest absolute Gasteiger partial charge is 0.220 e. The van der Waals surface area contributed by atoms with E-state index >= 15 is 0 Å². The molecule has 2 aliphatic rings. The predicted molar refractivity (Wildman–Crippen MR) is 95.5 cm³/mol. The zero-order valence-corrected chi connectivity index (χ0v) is 15.5. The Morgan fingerprint density at radius 2 is 2.22 bits per heavy atom. The lowest BCUT2D eigenvalue weighted by Gasteiger charge is -2.41. The molecule has 2 saturated heterocycles. The monoisotopic (exact) mass is 322 g/mol. The Morgan fingerprint density at radius 1 is 1.48 bits per heavy atom. The number of carbonyl (C=O) groups is 1. The van der Waals surface area contributed by atoms with Crippen LogP contribution in [0.2, 0.25) is 0 Å². The van der Waals surface area contributed by atoms with Crippen LogP contribution in [0, 0.1) is 16.7 Å². The number of carbonyl (C=O) groups excluding carboxylic acids is 1. The molecule has 0 aliphatic carbocycles. The standard InChI is InChI=1S/C18H34N4O/c1-14(2)9-17(3,4)11-21-16(19-5)22-8-6-7-18(13-22)10-15(23)20-12-18/h14H,6-13H2,1-5H3,(H,19,21)(H,20,23). The van der Waals surface area contributed by atoms with Crippen molar-refractivity contribution in [3.8, 4) is 0 Å². The largest absolute Gasteiger partial charge is 0.356 e. The summed E-state index contributed by atoms with van der Waals surface area (Å²) in [6.45, 7) is 12.9. The summed E-state index contributed by atoms with van der Waals surface area (Å²) in [6.07, 6.45) is 4.13. The summed E-state index contributed by atoms with van der Waals surface area (Å²) >= 11 is 0. The van der Waals surface area contributed by atoms with E-state index in [0.29, 0.717) is 12.3 Å². The van der Waals surface area contributed by atoms with Crippen molar-refractivity contribution in [3.05, 3.63) is 0 Å². The maximum Gasteiger partial charge on any atom is 0.220 e. The van der Waals surface area contributed by atoms with Gasteiger partial charge < -0.3 is 15.5 Å². The lowest BCUT2D eigenvalue weighted by atomic mass is 9.79. The number of guanidine groups is 1. The molecular formula is C18H34N4O. The van der Waals surface area contributed by atoms with Crippen molar-refractivity contribution in [3.63, 3.8) is 0 Å². The molecule has 5 heteroatoms. The number of nitrogens with one attached hydrogen (secondary N) is 2. The molecule has 0 aromatic heterocycles. The molecule has 1 spiro atoms. The lowest BCUT2D eigenvalue weighted by molar-refractivity contribution is -0.119. The van der Waals surface area contributed by atoms with Crippen molar-refractivity contribution in [2.75, 3.05) is 33.2 Å². The normalized spacial score (nSPS) is 26.1. The van der Waals surface area contributed by atoms with Gasteiger partial charge in [-0.2, -0.15) is 0 Å². The van der Waals surface area contributed by atoms with Gasteiger partial charge in [0.15, 0.2) is 5.96 Å². The van der Waals surface area contributed by atoms with E-state index < -0.39 is 0 Å². The summed E-state index contributed by atoms with van der Waals surface area (Å²) in [6, 6.07) is 0. The van der Waals surface area contributed by atoms with Crippen LogP contribution in [-0.4, -0.2) is 50.0 Å². The fourth-order valence-corrected chi connectivity index (χ4v) is 4.26. The van der Waals surface area contributed by atoms with Crippen LogP contribution in [0.5, 0.6) is 0 Å². The molecule has 2 N–H and O–H groups in total. The number of hydrogen-bond acceptors (Lipinski definition) is 2. The van der Waals surface area contributed by atoms with Crippen LogP contribution in [0.4, 0.5) is 0 Å². The predicted octanol–water partition coefficient (Wildman–Crippen LogP) is 2.24. The fraction of sp³-hybridized carbons (Fsp3) is 0.889. The van der Waals surface area contributed by atoms with Crippen LogP contribution < -0.4 is 10.6 Å². The van der Waals surface area contributed by atoms with Gasteiger partial charge in [0.2, 0.25) is 5.91 Å². The number of likely N-dealkylation sites (tertiary alicyclic amines) is 1. The summed E-state index contributed by atoms with van der Waals surface area (Å²) < 4.78 is 0. The van der Waals surface area contributed by atoms with Gasteiger partial charge in [0.25, 0.3) is 0 Å². The van der Waals surface area contributed by atoms with Gasteiger partial charge in [-0.1, -0.05) is 27.7 Å². The first-order valence-electron chi connectivity index (χ1n) is 8.98. The topological polar surface area (TPSA) is 56.7 Å². The molecule has 2 fully saturated rings. The maximum atomic E-state index is 11.6. The number of piperidine rings is 1. The van der Waals surface area contributed by atoms with Crippen molar-refractivity contribution in [2.45, 2.75) is 53.4 Å². The van der Waals surface area contributed by atoms with Crippen LogP contribution >= 0.6 is 0 Å². The Hall–Kier alpha value is -1.26. The van der Waals surface area contributed by atoms with Gasteiger partial charge in [-0.15, -0.1) is 0 Å². The van der Waals surface area contributed by atoms with Gasteiger partial charge in [-0.05, 0) is 30.6 Å². The Labute approximate surface area is 141 Å². The molecule has 2 rings (SSSR count). The lowest BCUT2D eigenvalue weighted by Crippen LogP contribution is -2.52. The van der Waals surface area contributed by atoms with Gasteiger partial charge >= 0.3 is 0 Å². The van der Waals surface area contributed by atoms with Gasteiger partial charge in [-0.3, -0.25) is 9.79 Å². The summed E-state index contributed by atoms with van der Waals surface area (Å²) in [5, 5.41) is 6.58. The van der Waals surface area contributed by atoms with E-state index in [1.54, 1.807) is 0 Å². The first-order chi connectivity index (χ1) is 10.8. The Balaban J connectivity index is 1.94. The summed E-state index contributed by atoms with van der Waals surface area (Å²) in [5.74, 6) is 1.88. The zero-order chi connectivity index (χ0) is 17.1. The molecule has 2 heterocycles. The minimum absolute atomic E-state index is 0.112. The highest BCUT2D eigenvalue weighted by Gasteiger charge is 2.42.